The molecule has 23 heavy (non-hydrogen) atoms. The maximum absolute atomic E-state index is 14.1. The Labute approximate surface area is 139 Å². The minimum absolute atomic E-state index is 0.0334. The van der Waals surface area contributed by atoms with Crippen LogP contribution in [-0.4, -0.2) is 36.5 Å². The van der Waals surface area contributed by atoms with Crippen molar-refractivity contribution in [1.82, 2.24) is 5.32 Å². The maximum atomic E-state index is 14.1. The zero-order valence-corrected chi connectivity index (χ0v) is 13.4. The Morgan fingerprint density at radius 3 is 3.00 bits per heavy atom. The van der Waals surface area contributed by atoms with Crippen LogP contribution in [0.5, 0.6) is 0 Å². The lowest BCUT2D eigenvalue weighted by Gasteiger charge is -2.35. The first-order valence-electron chi connectivity index (χ1n) is 7.32. The number of carbonyl (C=O) groups is 1. The topological polar surface area (TPSA) is 79.9 Å². The summed E-state index contributed by atoms with van der Waals surface area (Å²) < 4.78 is 14.1. The van der Waals surface area contributed by atoms with Gasteiger partial charge < -0.3 is 10.2 Å². The zero-order chi connectivity index (χ0) is 16.7. The molecule has 0 radical (unpaired) electrons. The minimum atomic E-state index is -0.416. The van der Waals surface area contributed by atoms with Gasteiger partial charge in [-0.1, -0.05) is 0 Å². The molecule has 0 bridgehead atoms. The first-order valence-corrected chi connectivity index (χ1v) is 8.48. The van der Waals surface area contributed by atoms with Crippen LogP contribution in [0.15, 0.2) is 18.2 Å². The summed E-state index contributed by atoms with van der Waals surface area (Å²) in [5.41, 5.74) is 0.754. The molecule has 1 aromatic carbocycles. The fourth-order valence-electron chi connectivity index (χ4n) is 2.61. The molecule has 1 heterocycles. The number of amides is 1. The van der Waals surface area contributed by atoms with Crippen LogP contribution < -0.4 is 10.2 Å². The minimum Gasteiger partial charge on any atom is -0.367 e. The lowest BCUT2D eigenvalue weighted by Crippen LogP contribution is -2.48. The molecule has 5 nitrogen and oxygen atoms in total. The van der Waals surface area contributed by atoms with Crippen LogP contribution in [0, 0.1) is 28.5 Å². The van der Waals surface area contributed by atoms with Crippen LogP contribution in [0.2, 0.25) is 0 Å². The average Bonchev–Trinajstić information content (AvgIpc) is 2.55. The highest BCUT2D eigenvalue weighted by Crippen LogP contribution is 2.24. The Kier molecular flexibility index (Phi) is 6.25. The van der Waals surface area contributed by atoms with Crippen molar-refractivity contribution in [3.8, 4) is 12.1 Å². The van der Waals surface area contributed by atoms with E-state index in [4.69, 9.17) is 10.5 Å². The molecule has 1 saturated heterocycles. The first kappa shape index (κ1) is 17.1. The molecule has 0 aliphatic carbocycles. The normalized spacial score (nSPS) is 17.2. The molecule has 0 aromatic heterocycles. The van der Waals surface area contributed by atoms with Gasteiger partial charge in [-0.05, 0) is 31.0 Å². The van der Waals surface area contributed by atoms with Crippen LogP contribution in [-0.2, 0) is 4.79 Å². The van der Waals surface area contributed by atoms with Crippen molar-refractivity contribution in [3.63, 3.8) is 0 Å². The summed E-state index contributed by atoms with van der Waals surface area (Å²) in [6.07, 6.45) is 1.71. The van der Waals surface area contributed by atoms with Gasteiger partial charge in [-0.25, -0.2) is 4.39 Å². The van der Waals surface area contributed by atoms with Gasteiger partial charge in [-0.15, -0.1) is 11.8 Å². The van der Waals surface area contributed by atoms with Crippen molar-refractivity contribution in [3.05, 3.63) is 29.6 Å². The second-order valence-corrected chi connectivity index (χ2v) is 6.27. The third kappa shape index (κ3) is 4.87. The molecule has 7 heteroatoms. The molecule has 120 valence electrons. The predicted molar refractivity (Wildman–Crippen MR) is 87.4 cm³/mol. The highest BCUT2D eigenvalue weighted by atomic mass is 32.2. The second kappa shape index (κ2) is 8.40. The maximum Gasteiger partial charge on any atom is 0.230 e. The first-order chi connectivity index (χ1) is 11.1. The van der Waals surface area contributed by atoms with Gasteiger partial charge in [-0.2, -0.15) is 10.5 Å². The number of nitrogens with one attached hydrogen (secondary N) is 1. The molecule has 0 unspecified atom stereocenters. The summed E-state index contributed by atoms with van der Waals surface area (Å²) in [6.45, 7) is 1.26. The van der Waals surface area contributed by atoms with Crippen molar-refractivity contribution in [1.29, 1.82) is 10.5 Å². The van der Waals surface area contributed by atoms with E-state index < -0.39 is 5.82 Å². The average molecular weight is 332 g/mol. The summed E-state index contributed by atoms with van der Waals surface area (Å²) in [6, 6.07) is 8.30. The fraction of sp³-hybridized carbons (Fsp3) is 0.438. The lowest BCUT2D eigenvalue weighted by molar-refractivity contribution is -0.119. The molecule has 1 atom stereocenters. The standard InChI is InChI=1S/C16H17FN4OS/c17-14-8-12(9-19)3-4-15(14)21-6-1-2-13(10-21)20-16(22)11-23-7-5-18/h3-4,8,13H,1-2,6-7,10-11H2,(H,20,22)/t13-/m0/s1. The van der Waals surface area contributed by atoms with E-state index in [1.54, 1.807) is 12.1 Å². The SMILES string of the molecule is N#CCSCC(=O)N[C@H]1CCCN(c2ccc(C#N)cc2F)C1. The number of thioether (sulfide) groups is 1. The van der Waals surface area contributed by atoms with Crippen LogP contribution >= 0.6 is 11.8 Å². The molecule has 0 spiro atoms. The van der Waals surface area contributed by atoms with Crippen LogP contribution in [0.3, 0.4) is 0 Å². The van der Waals surface area contributed by atoms with E-state index in [1.165, 1.54) is 17.8 Å². The molecular weight excluding hydrogens is 315 g/mol. The fourth-order valence-corrected chi connectivity index (χ4v) is 3.07. The monoisotopic (exact) mass is 332 g/mol. The van der Waals surface area contributed by atoms with Gasteiger partial charge in [0.05, 0.1) is 34.9 Å². The molecule has 1 fully saturated rings. The van der Waals surface area contributed by atoms with E-state index in [2.05, 4.69) is 5.32 Å². The van der Waals surface area contributed by atoms with Crippen LogP contribution in [0.4, 0.5) is 10.1 Å². The summed E-state index contributed by atoms with van der Waals surface area (Å²) in [5.74, 6) is 0.0358. The number of hydrogen-bond acceptors (Lipinski definition) is 5. The number of anilines is 1. The third-order valence-corrected chi connectivity index (χ3v) is 4.40. The predicted octanol–water partition coefficient (Wildman–Crippen LogP) is 2.04. The number of piperidine rings is 1. The van der Waals surface area contributed by atoms with E-state index in [0.29, 0.717) is 23.5 Å². The number of rotatable bonds is 5. The number of benzene rings is 1. The molecule has 1 aromatic rings. The van der Waals surface area contributed by atoms with Crippen molar-refractivity contribution in [2.24, 2.45) is 0 Å². The number of halogens is 1. The van der Waals surface area contributed by atoms with E-state index >= 15 is 0 Å². The lowest BCUT2D eigenvalue weighted by atomic mass is 10.0. The summed E-state index contributed by atoms with van der Waals surface area (Å²) in [7, 11) is 0. The van der Waals surface area contributed by atoms with Gasteiger partial charge in [0.1, 0.15) is 5.82 Å². The van der Waals surface area contributed by atoms with Gasteiger partial charge in [-0.3, -0.25) is 4.79 Å². The number of carbonyl (C=O) groups excluding carboxylic acids is 1. The van der Waals surface area contributed by atoms with Gasteiger partial charge in [0.25, 0.3) is 0 Å². The molecule has 1 aliphatic heterocycles. The molecule has 2 rings (SSSR count). The van der Waals surface area contributed by atoms with E-state index in [0.717, 1.165) is 19.4 Å². The van der Waals surface area contributed by atoms with E-state index in [-0.39, 0.29) is 17.7 Å². The Morgan fingerprint density at radius 2 is 2.30 bits per heavy atom. The highest BCUT2D eigenvalue weighted by Gasteiger charge is 2.23. The quantitative estimate of drug-likeness (QED) is 0.835. The summed E-state index contributed by atoms with van der Waals surface area (Å²) >= 11 is 1.28. The Hall–Kier alpha value is -2.25. The second-order valence-electron chi connectivity index (χ2n) is 5.28. The van der Waals surface area contributed by atoms with Gasteiger partial charge >= 0.3 is 0 Å². The Balaban J connectivity index is 1.94. The molecule has 1 aliphatic rings. The van der Waals surface area contributed by atoms with Gasteiger partial charge in [0, 0.05) is 19.1 Å². The van der Waals surface area contributed by atoms with Crippen molar-refractivity contribution < 1.29 is 9.18 Å². The van der Waals surface area contributed by atoms with Crippen LogP contribution in [0.25, 0.3) is 0 Å². The number of nitriles is 2. The molecular formula is C16H17FN4OS. The summed E-state index contributed by atoms with van der Waals surface area (Å²) in [4.78, 5) is 13.7. The van der Waals surface area contributed by atoms with E-state index in [9.17, 15) is 9.18 Å². The molecule has 1 amide bonds. The van der Waals surface area contributed by atoms with Gasteiger partial charge in [0.2, 0.25) is 5.91 Å². The van der Waals surface area contributed by atoms with Crippen molar-refractivity contribution in [2.75, 3.05) is 29.5 Å². The summed E-state index contributed by atoms with van der Waals surface area (Å²) in [5, 5.41) is 20.2. The van der Waals surface area contributed by atoms with E-state index in [1.807, 2.05) is 17.0 Å². The number of nitrogens with zero attached hydrogens (tertiary/aromatic N) is 3. The zero-order valence-electron chi connectivity index (χ0n) is 12.6. The third-order valence-electron chi connectivity index (χ3n) is 3.60. The van der Waals surface area contributed by atoms with Gasteiger partial charge in [0.15, 0.2) is 0 Å². The Bertz CT molecular complexity index is 652. The molecule has 1 N–H and O–H groups in total. The molecule has 0 saturated carbocycles. The largest absolute Gasteiger partial charge is 0.367 e. The Morgan fingerprint density at radius 1 is 1.48 bits per heavy atom. The van der Waals surface area contributed by atoms with Crippen molar-refractivity contribution >= 4 is 23.4 Å². The number of hydrogen-bond donors (Lipinski definition) is 1. The van der Waals surface area contributed by atoms with Crippen LogP contribution in [0.1, 0.15) is 18.4 Å². The highest BCUT2D eigenvalue weighted by molar-refractivity contribution is 8.00. The smallest absolute Gasteiger partial charge is 0.230 e. The van der Waals surface area contributed by atoms with Crippen molar-refractivity contribution in [2.45, 2.75) is 18.9 Å².